The van der Waals surface area contributed by atoms with Gasteiger partial charge in [-0.3, -0.25) is 4.79 Å². The van der Waals surface area contributed by atoms with Gasteiger partial charge in [-0.05, 0) is 25.2 Å². The summed E-state index contributed by atoms with van der Waals surface area (Å²) in [5, 5.41) is 0. The highest BCUT2D eigenvalue weighted by molar-refractivity contribution is 7.86. The molecule has 1 amide bonds. The maximum absolute atomic E-state index is 10.9. The molecule has 3 rings (SSSR count). The van der Waals surface area contributed by atoms with Crippen molar-refractivity contribution in [3.8, 4) is 0 Å². The summed E-state index contributed by atoms with van der Waals surface area (Å²) in [6.07, 6.45) is 3.94. The molecule has 3 heterocycles. The topological polar surface area (TPSA) is 100 Å². The minimum atomic E-state index is -6.09. The van der Waals surface area contributed by atoms with Crippen molar-refractivity contribution in [2.45, 2.75) is 24.8 Å². The Bertz CT molecular complexity index is 442. The Hall–Kier alpha value is -0.870. The van der Waals surface area contributed by atoms with E-state index >= 15 is 0 Å². The van der Waals surface area contributed by atoms with E-state index in [1.165, 1.54) is 38.9 Å². The standard InChI is InChI=1S/C9H16N2O.CHF3O3S/c10-9(12)7-11-4-1-8(2-5-11)3-6-11;2-1(3,4)8(5,6)7/h8H,1-7H2,(H-,10,12);(H,5,6,7). The highest BCUT2D eigenvalue weighted by Crippen LogP contribution is 2.32. The van der Waals surface area contributed by atoms with Gasteiger partial charge >= 0.3 is 5.51 Å². The van der Waals surface area contributed by atoms with Crippen LogP contribution in [0.2, 0.25) is 0 Å². The van der Waals surface area contributed by atoms with Crippen LogP contribution >= 0.6 is 0 Å². The van der Waals surface area contributed by atoms with Gasteiger partial charge in [0, 0.05) is 0 Å². The number of amides is 1. The third-order valence-electron chi connectivity index (χ3n) is 3.81. The number of carbonyl (C=O) groups excluding carboxylic acids is 1. The second-order valence-electron chi connectivity index (χ2n) is 5.27. The largest absolute Gasteiger partial charge is 0.741 e. The number of primary amides is 1. The minimum Gasteiger partial charge on any atom is -0.741 e. The molecule has 6 nitrogen and oxygen atoms in total. The van der Waals surface area contributed by atoms with Crippen molar-refractivity contribution in [1.82, 2.24) is 0 Å². The number of quaternary nitrogens is 1. The molecule has 0 radical (unpaired) electrons. The first kappa shape index (κ1) is 17.2. The van der Waals surface area contributed by atoms with Gasteiger partial charge in [0.05, 0.1) is 19.6 Å². The lowest BCUT2D eigenvalue weighted by Gasteiger charge is -2.48. The van der Waals surface area contributed by atoms with Gasteiger partial charge in [0.25, 0.3) is 5.91 Å². The second-order valence-corrected chi connectivity index (χ2v) is 6.64. The van der Waals surface area contributed by atoms with Crippen molar-refractivity contribution in [2.24, 2.45) is 11.7 Å². The molecule has 0 atom stereocenters. The molecule has 3 aliphatic rings. The molecule has 0 saturated carbocycles. The number of alkyl halides is 3. The van der Waals surface area contributed by atoms with Crippen molar-refractivity contribution in [2.75, 3.05) is 26.2 Å². The van der Waals surface area contributed by atoms with Crippen LogP contribution in [0.1, 0.15) is 19.3 Å². The summed E-state index contributed by atoms with van der Waals surface area (Å²) in [4.78, 5) is 10.9. The van der Waals surface area contributed by atoms with E-state index in [2.05, 4.69) is 0 Å². The molecule has 3 fully saturated rings. The fourth-order valence-corrected chi connectivity index (χ4v) is 2.71. The van der Waals surface area contributed by atoms with Crippen LogP contribution in [-0.4, -0.2) is 55.0 Å². The number of hydrogen-bond acceptors (Lipinski definition) is 4. The van der Waals surface area contributed by atoms with Crippen LogP contribution in [-0.2, 0) is 14.9 Å². The maximum atomic E-state index is 10.9. The zero-order valence-electron chi connectivity index (χ0n) is 10.7. The Morgan fingerprint density at radius 3 is 1.80 bits per heavy atom. The van der Waals surface area contributed by atoms with E-state index in [9.17, 15) is 18.0 Å². The maximum Gasteiger partial charge on any atom is 0.485 e. The summed E-state index contributed by atoms with van der Waals surface area (Å²) in [6, 6.07) is 0. The smallest absolute Gasteiger partial charge is 0.485 e. The third kappa shape index (κ3) is 4.60. The molecule has 10 heteroatoms. The van der Waals surface area contributed by atoms with E-state index < -0.39 is 15.6 Å². The Morgan fingerprint density at radius 2 is 1.55 bits per heavy atom. The fraction of sp³-hybridized carbons (Fsp3) is 0.900. The average Bonchev–Trinajstić information content (AvgIpc) is 2.27. The monoisotopic (exact) mass is 318 g/mol. The van der Waals surface area contributed by atoms with E-state index in [0.29, 0.717) is 6.54 Å². The molecule has 20 heavy (non-hydrogen) atoms. The molecule has 0 unspecified atom stereocenters. The second kappa shape index (κ2) is 5.86. The van der Waals surface area contributed by atoms with Crippen LogP contribution in [0.15, 0.2) is 0 Å². The number of nitrogens with zero attached hydrogens (tertiary/aromatic N) is 1. The van der Waals surface area contributed by atoms with Gasteiger partial charge < -0.3 is 14.8 Å². The number of carbonyl (C=O) groups is 1. The van der Waals surface area contributed by atoms with Crippen LogP contribution < -0.4 is 5.73 Å². The Morgan fingerprint density at radius 1 is 1.20 bits per heavy atom. The highest BCUT2D eigenvalue weighted by atomic mass is 32.2. The van der Waals surface area contributed by atoms with Crippen LogP contribution in [0.3, 0.4) is 0 Å². The van der Waals surface area contributed by atoms with Crippen LogP contribution in [0.25, 0.3) is 0 Å². The highest BCUT2D eigenvalue weighted by Gasteiger charge is 2.40. The summed E-state index contributed by atoms with van der Waals surface area (Å²) in [5.41, 5.74) is -0.399. The zero-order valence-corrected chi connectivity index (χ0v) is 11.5. The quantitative estimate of drug-likeness (QED) is 0.445. The zero-order chi connectivity index (χ0) is 15.6. The van der Waals surface area contributed by atoms with Crippen LogP contribution in [0, 0.1) is 5.92 Å². The van der Waals surface area contributed by atoms with Gasteiger partial charge in [0.1, 0.15) is 0 Å². The molecule has 118 valence electrons. The lowest BCUT2D eigenvalue weighted by atomic mass is 9.86. The Kier molecular flexibility index (Phi) is 5.03. The van der Waals surface area contributed by atoms with Crippen molar-refractivity contribution >= 4 is 16.0 Å². The number of fused-ring (bicyclic) bond motifs is 3. The predicted octanol–water partition coefficient (Wildman–Crippen LogP) is 0.154. The molecule has 0 aromatic heterocycles. The van der Waals surface area contributed by atoms with Crippen LogP contribution in [0.5, 0.6) is 0 Å². The lowest BCUT2D eigenvalue weighted by molar-refractivity contribution is -0.935. The van der Waals surface area contributed by atoms with Crippen molar-refractivity contribution < 1.29 is 35.4 Å². The number of rotatable bonds is 2. The fourth-order valence-electron chi connectivity index (χ4n) is 2.71. The first-order valence-corrected chi connectivity index (χ1v) is 7.52. The summed E-state index contributed by atoms with van der Waals surface area (Å²) < 4.78 is 59.9. The molecule has 0 aromatic carbocycles. The summed E-state index contributed by atoms with van der Waals surface area (Å²) >= 11 is 0. The molecular weight excluding hydrogens is 301 g/mol. The van der Waals surface area contributed by atoms with E-state index in [4.69, 9.17) is 18.7 Å². The van der Waals surface area contributed by atoms with Gasteiger partial charge in [-0.2, -0.15) is 13.2 Å². The van der Waals surface area contributed by atoms with E-state index in [1.807, 2.05) is 0 Å². The molecular formula is C10H17F3N2O4S. The van der Waals surface area contributed by atoms with Crippen molar-refractivity contribution in [1.29, 1.82) is 0 Å². The van der Waals surface area contributed by atoms with Gasteiger partial charge in [-0.15, -0.1) is 0 Å². The molecule has 0 aromatic rings. The van der Waals surface area contributed by atoms with E-state index in [1.54, 1.807) is 0 Å². The summed E-state index contributed by atoms with van der Waals surface area (Å²) in [6.45, 7) is 4.14. The minimum absolute atomic E-state index is 0.129. The summed E-state index contributed by atoms with van der Waals surface area (Å²) in [5.74, 6) is 0.827. The SMILES string of the molecule is NC(=O)C[N+]12CCC(CC1)CC2.O=S(=O)([O-])C(F)(F)F. The third-order valence-corrected chi connectivity index (χ3v) is 4.38. The molecule has 3 saturated heterocycles. The predicted molar refractivity (Wildman–Crippen MR) is 62.0 cm³/mol. The number of nitrogens with two attached hydrogens (primary N) is 1. The average molecular weight is 318 g/mol. The molecule has 2 N–H and O–H groups in total. The molecule has 3 aliphatic heterocycles. The number of halogens is 3. The lowest BCUT2D eigenvalue weighted by Crippen LogP contribution is -2.60. The van der Waals surface area contributed by atoms with Crippen molar-refractivity contribution in [3.63, 3.8) is 0 Å². The molecule has 2 bridgehead atoms. The number of hydrogen-bond donors (Lipinski definition) is 1. The summed E-state index contributed by atoms with van der Waals surface area (Å²) in [7, 11) is -6.09. The first-order valence-electron chi connectivity index (χ1n) is 6.11. The van der Waals surface area contributed by atoms with Gasteiger partial charge in [-0.25, -0.2) is 8.42 Å². The molecule has 0 spiro atoms. The van der Waals surface area contributed by atoms with Crippen molar-refractivity contribution in [3.05, 3.63) is 0 Å². The van der Waals surface area contributed by atoms with E-state index in [0.717, 1.165) is 10.4 Å². The Labute approximate surface area is 115 Å². The van der Waals surface area contributed by atoms with Gasteiger partial charge in [0.15, 0.2) is 16.7 Å². The number of piperidine rings is 3. The normalized spacial score (nSPS) is 29.5. The van der Waals surface area contributed by atoms with E-state index in [-0.39, 0.29) is 5.91 Å². The van der Waals surface area contributed by atoms with Gasteiger partial charge in [-0.1, -0.05) is 0 Å². The Balaban J connectivity index is 0.000000221. The first-order chi connectivity index (χ1) is 8.95. The molecule has 0 aliphatic carbocycles. The van der Waals surface area contributed by atoms with Gasteiger partial charge in [0.2, 0.25) is 0 Å². The van der Waals surface area contributed by atoms with Crippen LogP contribution in [0.4, 0.5) is 13.2 Å².